The van der Waals surface area contributed by atoms with Crippen molar-refractivity contribution in [2.24, 2.45) is 5.92 Å². The van der Waals surface area contributed by atoms with Gasteiger partial charge in [-0.15, -0.1) is 0 Å². The van der Waals surface area contributed by atoms with Crippen LogP contribution in [-0.4, -0.2) is 23.6 Å². The molecule has 0 saturated heterocycles. The van der Waals surface area contributed by atoms with Crippen LogP contribution >= 0.6 is 15.9 Å². The van der Waals surface area contributed by atoms with Crippen molar-refractivity contribution in [3.8, 4) is 0 Å². The largest absolute Gasteiger partial charge is 0.359 e. The highest BCUT2D eigenvalue weighted by Gasteiger charge is 2.21. The lowest BCUT2D eigenvalue weighted by Crippen LogP contribution is -2.26. The number of halogens is 1. The predicted molar refractivity (Wildman–Crippen MR) is 83.7 cm³/mol. The van der Waals surface area contributed by atoms with Crippen LogP contribution in [0.4, 0.5) is 5.82 Å². The van der Waals surface area contributed by atoms with Gasteiger partial charge in [-0.2, -0.15) is 0 Å². The van der Waals surface area contributed by atoms with E-state index in [1.54, 1.807) is 0 Å². The minimum atomic E-state index is -0.0211. The van der Waals surface area contributed by atoms with E-state index in [2.05, 4.69) is 53.6 Å². The van der Waals surface area contributed by atoms with E-state index in [4.69, 9.17) is 4.98 Å². The smallest absolute Gasteiger partial charge is 0.137 e. The molecule has 106 valence electrons. The summed E-state index contributed by atoms with van der Waals surface area (Å²) >= 11 is 3.51. The van der Waals surface area contributed by atoms with Gasteiger partial charge in [0.15, 0.2) is 0 Å². The van der Waals surface area contributed by atoms with Crippen LogP contribution in [0.5, 0.6) is 0 Å². The highest BCUT2D eigenvalue weighted by atomic mass is 79.9. The Labute approximate surface area is 125 Å². The van der Waals surface area contributed by atoms with E-state index in [0.717, 1.165) is 28.7 Å². The summed E-state index contributed by atoms with van der Waals surface area (Å²) in [5.74, 6) is 2.76. The van der Waals surface area contributed by atoms with Crippen molar-refractivity contribution in [1.29, 1.82) is 0 Å². The molecule has 0 radical (unpaired) electrons. The highest BCUT2D eigenvalue weighted by Crippen LogP contribution is 2.28. The van der Waals surface area contributed by atoms with Crippen molar-refractivity contribution in [3.05, 3.63) is 16.5 Å². The van der Waals surface area contributed by atoms with Crippen LogP contribution in [0.3, 0.4) is 0 Å². The van der Waals surface area contributed by atoms with Gasteiger partial charge in [0, 0.05) is 25.1 Å². The zero-order valence-corrected chi connectivity index (χ0v) is 14.0. The van der Waals surface area contributed by atoms with Gasteiger partial charge in [0.25, 0.3) is 0 Å². The summed E-state index contributed by atoms with van der Waals surface area (Å²) in [5.41, 5.74) is -0.0211. The molecule has 0 spiro atoms. The zero-order chi connectivity index (χ0) is 14.0. The Morgan fingerprint density at radius 2 is 1.89 bits per heavy atom. The first-order valence-corrected chi connectivity index (χ1v) is 7.92. The molecule has 0 N–H and O–H groups in total. The van der Waals surface area contributed by atoms with Crippen LogP contribution < -0.4 is 4.90 Å². The van der Waals surface area contributed by atoms with E-state index in [9.17, 15) is 0 Å². The number of hydrogen-bond donors (Lipinski definition) is 0. The summed E-state index contributed by atoms with van der Waals surface area (Å²) in [4.78, 5) is 11.5. The van der Waals surface area contributed by atoms with E-state index in [1.807, 2.05) is 6.07 Å². The summed E-state index contributed by atoms with van der Waals surface area (Å²) < 4.78 is 0.876. The van der Waals surface area contributed by atoms with Crippen LogP contribution in [0.2, 0.25) is 0 Å². The Hall–Kier alpha value is -0.640. The van der Waals surface area contributed by atoms with Gasteiger partial charge >= 0.3 is 0 Å². The van der Waals surface area contributed by atoms with E-state index in [0.29, 0.717) is 0 Å². The summed E-state index contributed by atoms with van der Waals surface area (Å²) in [6.45, 7) is 7.55. The fourth-order valence-electron chi connectivity index (χ4n) is 2.61. The molecule has 2 rings (SSSR count). The van der Waals surface area contributed by atoms with Crippen molar-refractivity contribution >= 4 is 21.7 Å². The first-order valence-electron chi connectivity index (χ1n) is 7.12. The molecule has 0 atom stereocenters. The molecule has 1 fully saturated rings. The van der Waals surface area contributed by atoms with Crippen LogP contribution in [0.25, 0.3) is 0 Å². The number of anilines is 1. The quantitative estimate of drug-likeness (QED) is 0.781. The number of nitrogens with zero attached hydrogens (tertiary/aromatic N) is 3. The van der Waals surface area contributed by atoms with Crippen molar-refractivity contribution in [1.82, 2.24) is 9.97 Å². The topological polar surface area (TPSA) is 29.0 Å². The Kier molecular flexibility index (Phi) is 4.49. The molecule has 1 aliphatic rings. The van der Waals surface area contributed by atoms with Crippen LogP contribution in [0, 0.1) is 5.92 Å². The van der Waals surface area contributed by atoms with Gasteiger partial charge in [-0.25, -0.2) is 9.97 Å². The molecule has 0 amide bonds. The molecule has 1 saturated carbocycles. The van der Waals surface area contributed by atoms with Crippen molar-refractivity contribution in [2.75, 3.05) is 18.5 Å². The number of rotatable bonds is 3. The summed E-state index contributed by atoms with van der Waals surface area (Å²) in [5, 5.41) is 0. The SMILES string of the molecule is CN(CC1CCCC1)c1cc(Br)nc(C(C)(C)C)n1. The van der Waals surface area contributed by atoms with Gasteiger partial charge in [-0.1, -0.05) is 33.6 Å². The first kappa shape index (κ1) is 14.8. The lowest BCUT2D eigenvalue weighted by Gasteiger charge is -2.24. The Balaban J connectivity index is 2.16. The maximum absolute atomic E-state index is 4.73. The monoisotopic (exact) mass is 325 g/mol. The molecule has 3 nitrogen and oxygen atoms in total. The molecule has 0 bridgehead atoms. The van der Waals surface area contributed by atoms with E-state index < -0.39 is 0 Å². The average Bonchev–Trinajstić information content (AvgIpc) is 2.79. The van der Waals surface area contributed by atoms with Gasteiger partial charge in [-0.05, 0) is 34.7 Å². The van der Waals surface area contributed by atoms with Gasteiger partial charge < -0.3 is 4.90 Å². The second-order valence-electron chi connectivity index (χ2n) is 6.65. The van der Waals surface area contributed by atoms with Gasteiger partial charge in [0.1, 0.15) is 16.2 Å². The lowest BCUT2D eigenvalue weighted by molar-refractivity contribution is 0.530. The Morgan fingerprint density at radius 1 is 1.26 bits per heavy atom. The second-order valence-corrected chi connectivity index (χ2v) is 7.47. The third-order valence-corrected chi connectivity index (χ3v) is 4.16. The lowest BCUT2D eigenvalue weighted by atomic mass is 9.96. The molecule has 0 unspecified atom stereocenters. The molecular formula is C15H24BrN3. The van der Waals surface area contributed by atoms with E-state index >= 15 is 0 Å². The molecular weight excluding hydrogens is 302 g/mol. The van der Waals surface area contributed by atoms with Crippen molar-refractivity contribution in [3.63, 3.8) is 0 Å². The summed E-state index contributed by atoms with van der Waals surface area (Å²) in [6.07, 6.45) is 5.50. The third kappa shape index (κ3) is 3.91. The molecule has 4 heteroatoms. The van der Waals surface area contributed by atoms with Gasteiger partial charge in [0.2, 0.25) is 0 Å². The standard InChI is InChI=1S/C15H24BrN3/c1-15(2,3)14-17-12(16)9-13(18-14)19(4)10-11-7-5-6-8-11/h9,11H,5-8,10H2,1-4H3. The molecule has 0 aromatic carbocycles. The minimum Gasteiger partial charge on any atom is -0.359 e. The molecule has 1 heterocycles. The Morgan fingerprint density at radius 3 is 2.47 bits per heavy atom. The fraction of sp³-hybridized carbons (Fsp3) is 0.733. The second kappa shape index (κ2) is 5.78. The van der Waals surface area contributed by atoms with Crippen LogP contribution in [0.1, 0.15) is 52.3 Å². The van der Waals surface area contributed by atoms with Crippen LogP contribution in [-0.2, 0) is 5.41 Å². The predicted octanol–water partition coefficient (Wildman–Crippen LogP) is 4.16. The zero-order valence-electron chi connectivity index (χ0n) is 12.4. The fourth-order valence-corrected chi connectivity index (χ4v) is 2.98. The molecule has 1 aliphatic carbocycles. The molecule has 1 aromatic rings. The first-order chi connectivity index (χ1) is 8.86. The average molecular weight is 326 g/mol. The van der Waals surface area contributed by atoms with E-state index in [1.165, 1.54) is 25.7 Å². The highest BCUT2D eigenvalue weighted by molar-refractivity contribution is 9.10. The van der Waals surface area contributed by atoms with Crippen molar-refractivity contribution in [2.45, 2.75) is 51.9 Å². The minimum absolute atomic E-state index is 0.0211. The maximum atomic E-state index is 4.73. The third-order valence-electron chi connectivity index (χ3n) is 3.75. The van der Waals surface area contributed by atoms with Crippen molar-refractivity contribution < 1.29 is 0 Å². The van der Waals surface area contributed by atoms with Crippen LogP contribution in [0.15, 0.2) is 10.7 Å². The molecule has 1 aromatic heterocycles. The Bertz CT molecular complexity index is 434. The normalized spacial score (nSPS) is 16.9. The number of hydrogen-bond acceptors (Lipinski definition) is 3. The summed E-state index contributed by atoms with van der Waals surface area (Å²) in [7, 11) is 2.14. The summed E-state index contributed by atoms with van der Waals surface area (Å²) in [6, 6.07) is 2.02. The molecule has 0 aliphatic heterocycles. The van der Waals surface area contributed by atoms with Gasteiger partial charge in [0.05, 0.1) is 0 Å². The van der Waals surface area contributed by atoms with E-state index in [-0.39, 0.29) is 5.41 Å². The number of aromatic nitrogens is 2. The maximum Gasteiger partial charge on any atom is 0.137 e. The molecule has 19 heavy (non-hydrogen) atoms. The van der Waals surface area contributed by atoms with Gasteiger partial charge in [-0.3, -0.25) is 0 Å².